The minimum Gasteiger partial charge on any atom is -0.408 e. The Morgan fingerprint density at radius 3 is 2.78 bits per heavy atom. The maximum absolute atomic E-state index is 12.8. The fraction of sp³-hybridized carbons (Fsp3) is 0.478. The maximum atomic E-state index is 12.8. The number of hydrogen-bond acceptors (Lipinski definition) is 7. The number of aryl methyl sites for hydroxylation is 1. The number of para-hydroxylation sites is 2. The molecule has 0 bridgehead atoms. The number of piperidine rings is 1. The molecule has 1 aliphatic heterocycles. The molecule has 1 amide bonds. The van der Waals surface area contributed by atoms with Crippen molar-refractivity contribution in [3.8, 4) is 0 Å². The van der Waals surface area contributed by atoms with Crippen molar-refractivity contribution < 1.29 is 9.21 Å². The molecule has 9 heteroatoms. The van der Waals surface area contributed by atoms with Crippen molar-refractivity contribution in [2.24, 2.45) is 0 Å². The van der Waals surface area contributed by atoms with Crippen LogP contribution in [0.5, 0.6) is 0 Å². The van der Waals surface area contributed by atoms with Gasteiger partial charge in [-0.05, 0) is 31.5 Å². The fourth-order valence-electron chi connectivity index (χ4n) is 4.00. The summed E-state index contributed by atoms with van der Waals surface area (Å²) in [4.78, 5) is 38.0. The first-order chi connectivity index (χ1) is 15.4. The highest BCUT2D eigenvalue weighted by Gasteiger charge is 2.20. The monoisotopic (exact) mass is 438 g/mol. The standard InChI is InChI=1S/C23H30N6O3/c1-27(2)20-14-16(25-22(26-20)17-8-6-7-12-24-17)15-28(3)21(30)11-13-29-18-9-4-5-10-19(18)32-23(29)31/h4-5,9-10,14,17,24H,6-8,11-13,15H2,1-3H3/t17-/m0/s1. The number of amides is 1. The first-order valence-corrected chi connectivity index (χ1v) is 11.0. The van der Waals surface area contributed by atoms with Crippen molar-refractivity contribution in [3.63, 3.8) is 0 Å². The van der Waals surface area contributed by atoms with Gasteiger partial charge in [-0.15, -0.1) is 0 Å². The summed E-state index contributed by atoms with van der Waals surface area (Å²) in [6.07, 6.45) is 3.53. The number of nitrogens with zero attached hydrogens (tertiary/aromatic N) is 5. The number of rotatable bonds is 7. The average Bonchev–Trinajstić information content (AvgIpc) is 3.12. The van der Waals surface area contributed by atoms with Gasteiger partial charge >= 0.3 is 5.76 Å². The highest BCUT2D eigenvalue weighted by Crippen LogP contribution is 2.23. The molecule has 3 heterocycles. The van der Waals surface area contributed by atoms with Gasteiger partial charge in [0.2, 0.25) is 5.91 Å². The van der Waals surface area contributed by atoms with E-state index in [4.69, 9.17) is 14.4 Å². The van der Waals surface area contributed by atoms with Gasteiger partial charge in [0.15, 0.2) is 5.58 Å². The largest absolute Gasteiger partial charge is 0.419 e. The second-order valence-electron chi connectivity index (χ2n) is 8.46. The fourth-order valence-corrected chi connectivity index (χ4v) is 4.00. The number of aromatic nitrogens is 3. The Kier molecular flexibility index (Phi) is 6.55. The van der Waals surface area contributed by atoms with Crippen molar-refractivity contribution in [3.05, 3.63) is 52.4 Å². The first kappa shape index (κ1) is 22.0. The number of benzene rings is 1. The minimum atomic E-state index is -0.447. The van der Waals surface area contributed by atoms with Crippen LogP contribution in [0.2, 0.25) is 0 Å². The van der Waals surface area contributed by atoms with Gasteiger partial charge < -0.3 is 19.5 Å². The molecule has 4 rings (SSSR count). The lowest BCUT2D eigenvalue weighted by atomic mass is 10.0. The van der Waals surface area contributed by atoms with Crippen molar-refractivity contribution >= 4 is 22.8 Å². The van der Waals surface area contributed by atoms with Gasteiger partial charge in [-0.25, -0.2) is 14.8 Å². The van der Waals surface area contributed by atoms with Crippen LogP contribution in [0.1, 0.15) is 43.2 Å². The zero-order chi connectivity index (χ0) is 22.7. The molecule has 0 radical (unpaired) electrons. The zero-order valence-corrected chi connectivity index (χ0v) is 18.9. The molecule has 1 fully saturated rings. The van der Waals surface area contributed by atoms with Gasteiger partial charge in [0.25, 0.3) is 0 Å². The van der Waals surface area contributed by atoms with Gasteiger partial charge in [0.05, 0.1) is 23.8 Å². The molecular formula is C23H30N6O3. The van der Waals surface area contributed by atoms with E-state index in [9.17, 15) is 9.59 Å². The Balaban J connectivity index is 1.45. The Bertz CT molecular complexity index is 1150. The highest BCUT2D eigenvalue weighted by atomic mass is 16.4. The molecule has 1 saturated heterocycles. The summed E-state index contributed by atoms with van der Waals surface area (Å²) < 4.78 is 6.75. The first-order valence-electron chi connectivity index (χ1n) is 11.0. The topological polar surface area (TPSA) is 96.5 Å². The number of nitrogens with one attached hydrogen (secondary N) is 1. The number of oxazole rings is 1. The van der Waals surface area contributed by atoms with Crippen LogP contribution in [-0.4, -0.2) is 53.0 Å². The molecule has 9 nitrogen and oxygen atoms in total. The number of carbonyl (C=O) groups is 1. The quantitative estimate of drug-likeness (QED) is 0.605. The van der Waals surface area contributed by atoms with E-state index in [1.54, 1.807) is 18.0 Å². The molecule has 32 heavy (non-hydrogen) atoms. The zero-order valence-electron chi connectivity index (χ0n) is 18.9. The second-order valence-corrected chi connectivity index (χ2v) is 8.46. The van der Waals surface area contributed by atoms with Crippen molar-refractivity contribution in [2.45, 2.75) is 44.8 Å². The SMILES string of the molecule is CN(Cc1cc(N(C)C)nc([C@@H]2CCCCN2)n1)C(=O)CCn1c(=O)oc2ccccc21. The molecule has 0 saturated carbocycles. The Labute approximate surface area is 187 Å². The second kappa shape index (κ2) is 9.52. The van der Waals surface area contributed by atoms with Crippen LogP contribution >= 0.6 is 0 Å². The summed E-state index contributed by atoms with van der Waals surface area (Å²) in [5, 5.41) is 3.50. The number of hydrogen-bond donors (Lipinski definition) is 1. The molecule has 1 N–H and O–H groups in total. The summed E-state index contributed by atoms with van der Waals surface area (Å²) in [5.41, 5.74) is 2.02. The van der Waals surface area contributed by atoms with Gasteiger partial charge in [0.1, 0.15) is 11.6 Å². The lowest BCUT2D eigenvalue weighted by Crippen LogP contribution is -2.31. The predicted octanol–water partition coefficient (Wildman–Crippen LogP) is 2.31. The molecule has 3 aromatic rings. The maximum Gasteiger partial charge on any atom is 0.419 e. The van der Waals surface area contributed by atoms with E-state index in [0.717, 1.165) is 36.7 Å². The lowest BCUT2D eigenvalue weighted by molar-refractivity contribution is -0.130. The van der Waals surface area contributed by atoms with Crippen molar-refractivity contribution in [1.82, 2.24) is 24.8 Å². The van der Waals surface area contributed by atoms with Crippen LogP contribution in [0.25, 0.3) is 11.1 Å². The van der Waals surface area contributed by atoms with E-state index in [0.29, 0.717) is 17.6 Å². The predicted molar refractivity (Wildman–Crippen MR) is 123 cm³/mol. The van der Waals surface area contributed by atoms with Gasteiger partial charge in [-0.2, -0.15) is 0 Å². The number of fused-ring (bicyclic) bond motifs is 1. The number of carbonyl (C=O) groups excluding carboxylic acids is 1. The summed E-state index contributed by atoms with van der Waals surface area (Å²) in [7, 11) is 5.66. The van der Waals surface area contributed by atoms with E-state index in [1.165, 1.54) is 11.0 Å². The molecule has 0 unspecified atom stereocenters. The van der Waals surface area contributed by atoms with Gasteiger partial charge in [-0.1, -0.05) is 18.6 Å². The lowest BCUT2D eigenvalue weighted by Gasteiger charge is -2.25. The van der Waals surface area contributed by atoms with E-state index >= 15 is 0 Å². The van der Waals surface area contributed by atoms with Crippen LogP contribution in [0.15, 0.2) is 39.5 Å². The summed E-state index contributed by atoms with van der Waals surface area (Å²) in [6, 6.07) is 9.29. The highest BCUT2D eigenvalue weighted by molar-refractivity contribution is 5.76. The third kappa shape index (κ3) is 4.83. The van der Waals surface area contributed by atoms with Crippen LogP contribution in [0, 0.1) is 0 Å². The van der Waals surface area contributed by atoms with Gasteiger partial charge in [-0.3, -0.25) is 9.36 Å². The van der Waals surface area contributed by atoms with Crippen molar-refractivity contribution in [2.75, 3.05) is 32.6 Å². The van der Waals surface area contributed by atoms with Crippen LogP contribution in [-0.2, 0) is 17.9 Å². The molecule has 2 aromatic heterocycles. The average molecular weight is 439 g/mol. The molecule has 170 valence electrons. The summed E-state index contributed by atoms with van der Waals surface area (Å²) in [5.74, 6) is 1.10. The third-order valence-corrected chi connectivity index (χ3v) is 5.81. The van der Waals surface area contributed by atoms with E-state index in [-0.39, 0.29) is 24.9 Å². The third-order valence-electron chi connectivity index (χ3n) is 5.81. The van der Waals surface area contributed by atoms with Crippen molar-refractivity contribution in [1.29, 1.82) is 0 Å². The van der Waals surface area contributed by atoms with E-state index in [2.05, 4.69) is 5.32 Å². The van der Waals surface area contributed by atoms with E-state index < -0.39 is 5.76 Å². The molecule has 1 aliphatic rings. The normalized spacial score (nSPS) is 16.3. The molecule has 0 spiro atoms. The van der Waals surface area contributed by atoms with Crippen LogP contribution < -0.4 is 16.0 Å². The van der Waals surface area contributed by atoms with Gasteiger partial charge in [0, 0.05) is 40.2 Å². The molecular weight excluding hydrogens is 408 g/mol. The Hall–Kier alpha value is -3.20. The molecule has 1 atom stereocenters. The summed E-state index contributed by atoms with van der Waals surface area (Å²) >= 11 is 0. The van der Waals surface area contributed by atoms with E-state index in [1.807, 2.05) is 43.3 Å². The van der Waals surface area contributed by atoms with Crippen LogP contribution in [0.3, 0.4) is 0 Å². The molecule has 1 aromatic carbocycles. The summed E-state index contributed by atoms with van der Waals surface area (Å²) in [6.45, 7) is 1.61. The van der Waals surface area contributed by atoms with Crippen LogP contribution in [0.4, 0.5) is 5.82 Å². The molecule has 0 aliphatic carbocycles. The Morgan fingerprint density at radius 1 is 1.22 bits per heavy atom. The Morgan fingerprint density at radius 2 is 2.03 bits per heavy atom. The minimum absolute atomic E-state index is 0.0652. The smallest absolute Gasteiger partial charge is 0.408 e. The number of anilines is 1.